The molecule has 0 saturated heterocycles. The Morgan fingerprint density at radius 3 is 2.35 bits per heavy atom. The van der Waals surface area contributed by atoms with Gasteiger partial charge in [-0.15, -0.1) is 0 Å². The molecule has 2 aromatic carbocycles. The molecule has 0 bridgehead atoms. The topological polar surface area (TPSA) is 70.6 Å². The van der Waals surface area contributed by atoms with Crippen molar-refractivity contribution in [3.63, 3.8) is 0 Å². The molecule has 2 amide bonds. The largest absolute Gasteiger partial charge is 0.343 e. The van der Waals surface area contributed by atoms with Gasteiger partial charge < -0.3 is 5.32 Å². The molecule has 0 saturated carbocycles. The van der Waals surface area contributed by atoms with Crippen LogP contribution in [-0.4, -0.2) is 24.1 Å². The number of hydrazone groups is 1. The summed E-state index contributed by atoms with van der Waals surface area (Å²) in [6, 6.07) is 16.8. The number of nitrogens with zero attached hydrogens (tertiary/aromatic N) is 1. The van der Waals surface area contributed by atoms with E-state index in [0.29, 0.717) is 16.0 Å². The molecule has 6 heteroatoms. The van der Waals surface area contributed by atoms with E-state index in [2.05, 4.69) is 45.6 Å². The van der Waals surface area contributed by atoms with Gasteiger partial charge in [-0.25, -0.2) is 5.43 Å². The number of benzene rings is 2. The minimum absolute atomic E-state index is 0.145. The highest BCUT2D eigenvalue weighted by molar-refractivity contribution is 9.10. The number of rotatable bonds is 7. The highest BCUT2D eigenvalue weighted by Crippen LogP contribution is 2.15. The molecule has 0 atom stereocenters. The standard InChI is InChI=1S/C20H22BrN3O2/c1-14(2)12-18(15-8-4-3-5-9-15)23-24-19(25)13-22-20(26)16-10-6-7-11-17(16)21/h3-11,14H,12-13H2,1-2H3,(H,22,26)(H,24,25). The Morgan fingerprint density at radius 1 is 1.04 bits per heavy atom. The van der Waals surface area contributed by atoms with Crippen LogP contribution in [0.3, 0.4) is 0 Å². The van der Waals surface area contributed by atoms with E-state index in [0.717, 1.165) is 17.7 Å². The van der Waals surface area contributed by atoms with Crippen molar-refractivity contribution in [2.24, 2.45) is 11.0 Å². The average Bonchev–Trinajstić information content (AvgIpc) is 2.64. The lowest BCUT2D eigenvalue weighted by molar-refractivity contribution is -0.120. The average molecular weight is 416 g/mol. The van der Waals surface area contributed by atoms with Gasteiger partial charge in [-0.1, -0.05) is 56.3 Å². The molecule has 0 aliphatic rings. The summed E-state index contributed by atoms with van der Waals surface area (Å²) >= 11 is 3.32. The Bertz CT molecular complexity index is 789. The van der Waals surface area contributed by atoms with E-state index >= 15 is 0 Å². The predicted octanol–water partition coefficient (Wildman–Crippen LogP) is 3.75. The highest BCUT2D eigenvalue weighted by atomic mass is 79.9. The van der Waals surface area contributed by atoms with E-state index in [-0.39, 0.29) is 18.4 Å². The van der Waals surface area contributed by atoms with Crippen LogP contribution in [-0.2, 0) is 4.79 Å². The molecule has 0 aliphatic heterocycles. The second-order valence-corrected chi connectivity index (χ2v) is 7.07. The Morgan fingerprint density at radius 2 is 1.69 bits per heavy atom. The third kappa shape index (κ3) is 6.11. The van der Waals surface area contributed by atoms with Crippen molar-refractivity contribution in [1.82, 2.24) is 10.7 Å². The minimum Gasteiger partial charge on any atom is -0.343 e. The maximum atomic E-state index is 12.1. The molecule has 0 aromatic heterocycles. The van der Waals surface area contributed by atoms with Crippen LogP contribution in [0.5, 0.6) is 0 Å². The fraction of sp³-hybridized carbons (Fsp3) is 0.250. The molecule has 2 rings (SSSR count). The second kappa shape index (κ2) is 9.87. The van der Waals surface area contributed by atoms with Gasteiger partial charge in [-0.05, 0) is 46.0 Å². The zero-order chi connectivity index (χ0) is 18.9. The van der Waals surface area contributed by atoms with Gasteiger partial charge in [-0.2, -0.15) is 5.10 Å². The third-order valence-electron chi connectivity index (χ3n) is 3.55. The van der Waals surface area contributed by atoms with Crippen LogP contribution in [0.4, 0.5) is 0 Å². The van der Waals surface area contributed by atoms with Crippen molar-refractivity contribution in [2.45, 2.75) is 20.3 Å². The van der Waals surface area contributed by atoms with E-state index in [1.807, 2.05) is 36.4 Å². The molecular weight excluding hydrogens is 394 g/mol. The Balaban J connectivity index is 1.96. The van der Waals surface area contributed by atoms with Crippen LogP contribution >= 0.6 is 15.9 Å². The molecule has 0 aliphatic carbocycles. The van der Waals surface area contributed by atoms with E-state index in [1.165, 1.54) is 0 Å². The van der Waals surface area contributed by atoms with Crippen LogP contribution in [0.15, 0.2) is 64.2 Å². The lowest BCUT2D eigenvalue weighted by Gasteiger charge is -2.10. The lowest BCUT2D eigenvalue weighted by Crippen LogP contribution is -2.35. The maximum Gasteiger partial charge on any atom is 0.259 e. The van der Waals surface area contributed by atoms with Crippen molar-refractivity contribution in [3.05, 3.63) is 70.2 Å². The van der Waals surface area contributed by atoms with Gasteiger partial charge in [0.2, 0.25) is 0 Å². The van der Waals surface area contributed by atoms with Crippen LogP contribution in [0.2, 0.25) is 0 Å². The Hall–Kier alpha value is -2.47. The molecule has 0 fully saturated rings. The van der Waals surface area contributed by atoms with Crippen molar-refractivity contribution >= 4 is 33.5 Å². The zero-order valence-electron chi connectivity index (χ0n) is 14.8. The van der Waals surface area contributed by atoms with Crippen molar-refractivity contribution < 1.29 is 9.59 Å². The Kier molecular flexibility index (Phi) is 7.53. The number of carbonyl (C=O) groups is 2. The summed E-state index contributed by atoms with van der Waals surface area (Å²) in [4.78, 5) is 24.2. The first kappa shape index (κ1) is 19.8. The fourth-order valence-corrected chi connectivity index (χ4v) is 2.78. The predicted molar refractivity (Wildman–Crippen MR) is 107 cm³/mol. The van der Waals surface area contributed by atoms with E-state index < -0.39 is 0 Å². The molecular formula is C20H22BrN3O2. The summed E-state index contributed by atoms with van der Waals surface area (Å²) in [6.07, 6.45) is 0.744. The van der Waals surface area contributed by atoms with E-state index in [9.17, 15) is 9.59 Å². The maximum absolute atomic E-state index is 12.1. The monoisotopic (exact) mass is 415 g/mol. The third-order valence-corrected chi connectivity index (χ3v) is 4.24. The number of halogens is 1. The van der Waals surface area contributed by atoms with Gasteiger partial charge in [0.25, 0.3) is 11.8 Å². The molecule has 0 radical (unpaired) electrons. The molecule has 136 valence electrons. The van der Waals surface area contributed by atoms with E-state index in [1.54, 1.807) is 18.2 Å². The normalized spacial score (nSPS) is 11.3. The van der Waals surface area contributed by atoms with Crippen molar-refractivity contribution in [3.8, 4) is 0 Å². The van der Waals surface area contributed by atoms with E-state index in [4.69, 9.17) is 0 Å². The first-order chi connectivity index (χ1) is 12.5. The molecule has 0 heterocycles. The number of hydrogen-bond donors (Lipinski definition) is 2. The first-order valence-corrected chi connectivity index (χ1v) is 9.20. The summed E-state index contributed by atoms with van der Waals surface area (Å²) in [7, 11) is 0. The van der Waals surface area contributed by atoms with Gasteiger partial charge in [-0.3, -0.25) is 9.59 Å². The Labute approximate surface area is 162 Å². The molecule has 0 spiro atoms. The number of nitrogens with one attached hydrogen (secondary N) is 2. The van der Waals surface area contributed by atoms with Crippen molar-refractivity contribution in [1.29, 1.82) is 0 Å². The second-order valence-electron chi connectivity index (χ2n) is 6.22. The smallest absolute Gasteiger partial charge is 0.259 e. The first-order valence-electron chi connectivity index (χ1n) is 8.41. The molecule has 26 heavy (non-hydrogen) atoms. The quantitative estimate of drug-likeness (QED) is 0.533. The summed E-state index contributed by atoms with van der Waals surface area (Å²) < 4.78 is 0.680. The van der Waals surface area contributed by atoms with Gasteiger partial charge in [0.05, 0.1) is 17.8 Å². The molecule has 2 N–H and O–H groups in total. The number of amides is 2. The summed E-state index contributed by atoms with van der Waals surface area (Å²) in [5, 5.41) is 6.85. The van der Waals surface area contributed by atoms with Crippen molar-refractivity contribution in [2.75, 3.05) is 6.54 Å². The summed E-state index contributed by atoms with van der Waals surface area (Å²) in [6.45, 7) is 4.05. The van der Waals surface area contributed by atoms with Crippen LogP contribution in [0.1, 0.15) is 36.2 Å². The number of hydrogen-bond acceptors (Lipinski definition) is 3. The highest BCUT2D eigenvalue weighted by Gasteiger charge is 2.11. The summed E-state index contributed by atoms with van der Waals surface area (Å²) in [5.74, 6) is -0.286. The van der Waals surface area contributed by atoms with Gasteiger partial charge in [0.15, 0.2) is 0 Å². The molecule has 0 unspecified atom stereocenters. The van der Waals surface area contributed by atoms with Crippen LogP contribution < -0.4 is 10.7 Å². The van der Waals surface area contributed by atoms with Crippen LogP contribution in [0, 0.1) is 5.92 Å². The minimum atomic E-state index is -0.373. The zero-order valence-corrected chi connectivity index (χ0v) is 16.4. The fourth-order valence-electron chi connectivity index (χ4n) is 2.32. The lowest BCUT2D eigenvalue weighted by atomic mass is 10.0. The van der Waals surface area contributed by atoms with Crippen LogP contribution in [0.25, 0.3) is 0 Å². The molecule has 5 nitrogen and oxygen atoms in total. The summed E-state index contributed by atoms with van der Waals surface area (Å²) in [5.41, 5.74) is 4.79. The SMILES string of the molecule is CC(C)CC(=NNC(=O)CNC(=O)c1ccccc1Br)c1ccccc1. The van der Waals surface area contributed by atoms with Gasteiger partial charge >= 0.3 is 0 Å². The molecule has 2 aromatic rings. The van der Waals surface area contributed by atoms with Gasteiger partial charge in [0.1, 0.15) is 0 Å². The van der Waals surface area contributed by atoms with Gasteiger partial charge in [0, 0.05) is 4.47 Å². The number of carbonyl (C=O) groups excluding carboxylic acids is 2.